The van der Waals surface area contributed by atoms with Crippen molar-refractivity contribution in [2.45, 2.75) is 32.7 Å². The molecule has 0 saturated heterocycles. The number of hydrogen-bond acceptors (Lipinski definition) is 1. The highest BCUT2D eigenvalue weighted by Gasteiger charge is 2.03. The Bertz CT molecular complexity index is 163. The molecule has 0 amide bonds. The molecule has 0 N–H and O–H groups in total. The second-order valence-corrected chi connectivity index (χ2v) is 2.46. The summed E-state index contributed by atoms with van der Waals surface area (Å²) in [4.78, 5) is 0. The zero-order valence-electron chi connectivity index (χ0n) is 6.62. The van der Waals surface area contributed by atoms with Gasteiger partial charge in [0.25, 0.3) is 0 Å². The average Bonchev–Trinajstić information content (AvgIpc) is 2.43. The van der Waals surface area contributed by atoms with E-state index in [2.05, 4.69) is 18.9 Å². The molecule has 1 aromatic heterocycles. The van der Waals surface area contributed by atoms with Gasteiger partial charge in [-0.3, -0.25) is 4.68 Å². The Balaban J connectivity index is 2.64. The van der Waals surface area contributed by atoms with Crippen molar-refractivity contribution >= 4 is 0 Å². The van der Waals surface area contributed by atoms with E-state index in [0.717, 1.165) is 12.8 Å². The molecule has 1 heterocycles. The van der Waals surface area contributed by atoms with Crippen LogP contribution in [0.4, 0.5) is 0 Å². The fourth-order valence-electron chi connectivity index (χ4n) is 1.16. The summed E-state index contributed by atoms with van der Waals surface area (Å²) < 4.78 is 2.03. The molecule has 2 nitrogen and oxygen atoms in total. The van der Waals surface area contributed by atoms with Gasteiger partial charge in [0.15, 0.2) is 0 Å². The van der Waals surface area contributed by atoms with Crippen molar-refractivity contribution in [2.24, 2.45) is 0 Å². The van der Waals surface area contributed by atoms with E-state index in [9.17, 15) is 0 Å². The van der Waals surface area contributed by atoms with Crippen LogP contribution >= 0.6 is 0 Å². The molecule has 1 aromatic rings. The van der Waals surface area contributed by atoms with E-state index in [-0.39, 0.29) is 0 Å². The first-order valence-electron chi connectivity index (χ1n) is 3.87. The molecule has 56 valence electrons. The van der Waals surface area contributed by atoms with E-state index in [0.29, 0.717) is 6.04 Å². The standard InChI is InChI=1S/C8H14N2/c1-3-8(4-2)10-7-5-6-9-10/h5-8H,3-4H2,1-2H3. The predicted octanol–water partition coefficient (Wildman–Crippen LogP) is 2.24. The lowest BCUT2D eigenvalue weighted by Gasteiger charge is -2.11. The minimum absolute atomic E-state index is 0.593. The van der Waals surface area contributed by atoms with Crippen molar-refractivity contribution in [1.82, 2.24) is 9.78 Å². The summed E-state index contributed by atoms with van der Waals surface area (Å²) in [6.07, 6.45) is 6.19. The Morgan fingerprint density at radius 1 is 1.40 bits per heavy atom. The van der Waals surface area contributed by atoms with Crippen molar-refractivity contribution in [3.05, 3.63) is 18.5 Å². The highest BCUT2D eigenvalue weighted by Crippen LogP contribution is 2.12. The fourth-order valence-corrected chi connectivity index (χ4v) is 1.16. The summed E-state index contributed by atoms with van der Waals surface area (Å²) in [5.41, 5.74) is 0. The molecule has 0 aliphatic rings. The lowest BCUT2D eigenvalue weighted by Crippen LogP contribution is -2.06. The highest BCUT2D eigenvalue weighted by atomic mass is 15.3. The van der Waals surface area contributed by atoms with Crippen LogP contribution in [0.25, 0.3) is 0 Å². The number of aromatic nitrogens is 2. The zero-order valence-corrected chi connectivity index (χ0v) is 6.62. The second kappa shape index (κ2) is 3.40. The van der Waals surface area contributed by atoms with E-state index in [1.807, 2.05) is 23.1 Å². The number of nitrogens with zero attached hydrogens (tertiary/aromatic N) is 2. The summed E-state index contributed by atoms with van der Waals surface area (Å²) in [6, 6.07) is 2.56. The molecule has 0 unspecified atom stereocenters. The molecule has 0 aliphatic heterocycles. The van der Waals surface area contributed by atoms with Crippen LogP contribution < -0.4 is 0 Å². The van der Waals surface area contributed by atoms with Gasteiger partial charge in [0.05, 0.1) is 6.04 Å². The van der Waals surface area contributed by atoms with Crippen LogP contribution in [0.2, 0.25) is 0 Å². The van der Waals surface area contributed by atoms with Gasteiger partial charge in [0.1, 0.15) is 0 Å². The van der Waals surface area contributed by atoms with Crippen LogP contribution in [-0.4, -0.2) is 9.78 Å². The quantitative estimate of drug-likeness (QED) is 0.626. The number of rotatable bonds is 3. The van der Waals surface area contributed by atoms with Crippen LogP contribution in [-0.2, 0) is 0 Å². The van der Waals surface area contributed by atoms with E-state index in [1.165, 1.54) is 0 Å². The van der Waals surface area contributed by atoms with Gasteiger partial charge in [0, 0.05) is 12.4 Å². The largest absolute Gasteiger partial charge is 0.270 e. The van der Waals surface area contributed by atoms with Crippen molar-refractivity contribution in [1.29, 1.82) is 0 Å². The van der Waals surface area contributed by atoms with Crippen LogP contribution in [0.5, 0.6) is 0 Å². The molecule has 0 atom stereocenters. The first kappa shape index (κ1) is 7.32. The Morgan fingerprint density at radius 3 is 2.50 bits per heavy atom. The van der Waals surface area contributed by atoms with Gasteiger partial charge >= 0.3 is 0 Å². The molecular weight excluding hydrogens is 124 g/mol. The van der Waals surface area contributed by atoms with Gasteiger partial charge in [-0.25, -0.2) is 0 Å². The molecule has 0 bridgehead atoms. The van der Waals surface area contributed by atoms with E-state index in [1.54, 1.807) is 0 Å². The third-order valence-electron chi connectivity index (χ3n) is 1.84. The normalized spacial score (nSPS) is 10.7. The highest BCUT2D eigenvalue weighted by molar-refractivity contribution is 4.80. The third-order valence-corrected chi connectivity index (χ3v) is 1.84. The van der Waals surface area contributed by atoms with Crippen LogP contribution in [0.15, 0.2) is 18.5 Å². The molecule has 10 heavy (non-hydrogen) atoms. The van der Waals surface area contributed by atoms with E-state index >= 15 is 0 Å². The van der Waals surface area contributed by atoms with E-state index in [4.69, 9.17) is 0 Å². The number of hydrogen-bond donors (Lipinski definition) is 0. The van der Waals surface area contributed by atoms with Crippen molar-refractivity contribution in [2.75, 3.05) is 0 Å². The van der Waals surface area contributed by atoms with E-state index < -0.39 is 0 Å². The van der Waals surface area contributed by atoms with Crippen molar-refractivity contribution in [3.63, 3.8) is 0 Å². The maximum atomic E-state index is 4.17. The van der Waals surface area contributed by atoms with Gasteiger partial charge in [-0.1, -0.05) is 13.8 Å². The van der Waals surface area contributed by atoms with Gasteiger partial charge in [0.2, 0.25) is 0 Å². The average molecular weight is 138 g/mol. The minimum Gasteiger partial charge on any atom is -0.270 e. The summed E-state index contributed by atoms with van der Waals surface area (Å²) in [5.74, 6) is 0. The Labute approximate surface area is 61.9 Å². The zero-order chi connectivity index (χ0) is 7.40. The first-order chi connectivity index (χ1) is 4.88. The Kier molecular flexibility index (Phi) is 2.49. The molecule has 0 aliphatic carbocycles. The van der Waals surface area contributed by atoms with Crippen LogP contribution in [0.3, 0.4) is 0 Å². The summed E-state index contributed by atoms with van der Waals surface area (Å²) in [6.45, 7) is 4.38. The molecule has 0 radical (unpaired) electrons. The predicted molar refractivity (Wildman–Crippen MR) is 41.8 cm³/mol. The monoisotopic (exact) mass is 138 g/mol. The summed E-state index contributed by atoms with van der Waals surface area (Å²) in [5, 5.41) is 4.17. The maximum Gasteiger partial charge on any atom is 0.0514 e. The Morgan fingerprint density at radius 2 is 2.10 bits per heavy atom. The minimum atomic E-state index is 0.593. The summed E-state index contributed by atoms with van der Waals surface area (Å²) >= 11 is 0. The Hall–Kier alpha value is -0.790. The molecule has 2 heteroatoms. The maximum absolute atomic E-state index is 4.17. The molecule has 0 fully saturated rings. The molecule has 1 rings (SSSR count). The first-order valence-corrected chi connectivity index (χ1v) is 3.87. The van der Waals surface area contributed by atoms with Crippen molar-refractivity contribution in [3.8, 4) is 0 Å². The van der Waals surface area contributed by atoms with Crippen LogP contribution in [0, 0.1) is 0 Å². The van der Waals surface area contributed by atoms with Gasteiger partial charge < -0.3 is 0 Å². The fraction of sp³-hybridized carbons (Fsp3) is 0.625. The third kappa shape index (κ3) is 1.38. The molecule has 0 aromatic carbocycles. The smallest absolute Gasteiger partial charge is 0.0514 e. The second-order valence-electron chi connectivity index (χ2n) is 2.46. The SMILES string of the molecule is CCC(CC)n1cccn1. The lowest BCUT2D eigenvalue weighted by atomic mass is 10.2. The van der Waals surface area contributed by atoms with Gasteiger partial charge in [-0.2, -0.15) is 5.10 Å². The summed E-state index contributed by atoms with van der Waals surface area (Å²) in [7, 11) is 0. The molecule has 0 saturated carbocycles. The molecule has 0 spiro atoms. The van der Waals surface area contributed by atoms with Crippen molar-refractivity contribution < 1.29 is 0 Å². The lowest BCUT2D eigenvalue weighted by molar-refractivity contribution is 0.428. The van der Waals surface area contributed by atoms with Gasteiger partial charge in [-0.05, 0) is 18.9 Å². The topological polar surface area (TPSA) is 17.8 Å². The van der Waals surface area contributed by atoms with Crippen LogP contribution in [0.1, 0.15) is 32.7 Å². The van der Waals surface area contributed by atoms with Gasteiger partial charge in [-0.15, -0.1) is 0 Å². The molecular formula is C8H14N2.